The van der Waals surface area contributed by atoms with Crippen LogP contribution in [0.15, 0.2) is 22.6 Å². The Morgan fingerprint density at radius 3 is 2.31 bits per heavy atom. The summed E-state index contributed by atoms with van der Waals surface area (Å²) in [5, 5.41) is 2.27. The summed E-state index contributed by atoms with van der Waals surface area (Å²) in [6.07, 6.45) is 0.495. The molecule has 1 fully saturated rings. The molecule has 3 heterocycles. The number of fused-ring (bicyclic) bond motifs is 5. The van der Waals surface area contributed by atoms with Crippen molar-refractivity contribution in [2.75, 3.05) is 0 Å². The molecule has 2 aliphatic rings. The monoisotopic (exact) mass is 389 g/mol. The highest BCUT2D eigenvalue weighted by atomic mass is 16.3. The molecule has 2 atom stereocenters. The molecule has 1 saturated carbocycles. The SMILES string of the molecule is Cc1cc(C)c(C2C(=O)CC(Cc3cc4oc3c3c4C(=O)NC3=O)C2=O)c(C)c1. The van der Waals surface area contributed by atoms with Gasteiger partial charge in [-0.25, -0.2) is 0 Å². The Bertz CT molecular complexity index is 1220. The minimum Gasteiger partial charge on any atom is -0.455 e. The van der Waals surface area contributed by atoms with Crippen LogP contribution in [0.5, 0.6) is 0 Å². The fourth-order valence-electron chi connectivity index (χ4n) is 5.07. The van der Waals surface area contributed by atoms with Crippen molar-refractivity contribution in [1.29, 1.82) is 0 Å². The number of carbonyl (C=O) groups excluding carboxylic acids is 4. The van der Waals surface area contributed by atoms with Crippen LogP contribution in [-0.2, 0) is 16.0 Å². The van der Waals surface area contributed by atoms with E-state index in [1.54, 1.807) is 6.07 Å². The second kappa shape index (κ2) is 5.86. The molecule has 2 bridgehead atoms. The van der Waals surface area contributed by atoms with E-state index in [0.29, 0.717) is 23.2 Å². The molecule has 2 amide bonds. The molecule has 0 radical (unpaired) electrons. The van der Waals surface area contributed by atoms with Crippen molar-refractivity contribution >= 4 is 34.5 Å². The number of carbonyl (C=O) groups is 4. The Kier molecular flexibility index (Phi) is 3.60. The topological polar surface area (TPSA) is 93.4 Å². The maximum Gasteiger partial charge on any atom is 0.262 e. The van der Waals surface area contributed by atoms with Crippen molar-refractivity contribution in [3.63, 3.8) is 0 Å². The summed E-state index contributed by atoms with van der Waals surface area (Å²) in [6, 6.07) is 5.71. The van der Waals surface area contributed by atoms with Crippen molar-refractivity contribution in [1.82, 2.24) is 5.32 Å². The van der Waals surface area contributed by atoms with Crippen LogP contribution < -0.4 is 5.32 Å². The smallest absolute Gasteiger partial charge is 0.262 e. The van der Waals surface area contributed by atoms with Gasteiger partial charge in [-0.15, -0.1) is 0 Å². The molecule has 1 aromatic carbocycles. The number of furan rings is 2. The molecule has 1 aliphatic heterocycles. The first-order valence-electron chi connectivity index (χ1n) is 9.64. The molecule has 29 heavy (non-hydrogen) atoms. The lowest BCUT2D eigenvalue weighted by atomic mass is 9.85. The van der Waals surface area contributed by atoms with Crippen molar-refractivity contribution in [2.45, 2.75) is 39.5 Å². The summed E-state index contributed by atoms with van der Waals surface area (Å²) in [5.74, 6) is -2.27. The molecular formula is C23H19NO5. The van der Waals surface area contributed by atoms with E-state index >= 15 is 0 Å². The summed E-state index contributed by atoms with van der Waals surface area (Å²) in [6.45, 7) is 5.87. The van der Waals surface area contributed by atoms with Gasteiger partial charge in [0.05, 0.1) is 11.1 Å². The zero-order valence-electron chi connectivity index (χ0n) is 16.3. The third kappa shape index (κ3) is 2.41. The number of amides is 2. The fourth-order valence-corrected chi connectivity index (χ4v) is 5.07. The van der Waals surface area contributed by atoms with Crippen LogP contribution in [0.3, 0.4) is 0 Å². The van der Waals surface area contributed by atoms with Gasteiger partial charge in [0.25, 0.3) is 11.8 Å². The molecule has 2 unspecified atom stereocenters. The van der Waals surface area contributed by atoms with Crippen molar-refractivity contribution in [2.24, 2.45) is 5.92 Å². The highest BCUT2D eigenvalue weighted by Gasteiger charge is 2.44. The molecular weight excluding hydrogens is 370 g/mol. The van der Waals surface area contributed by atoms with Gasteiger partial charge in [-0.2, -0.15) is 0 Å². The lowest BCUT2D eigenvalue weighted by Crippen LogP contribution is -2.20. The van der Waals surface area contributed by atoms with E-state index in [4.69, 9.17) is 4.42 Å². The first-order valence-corrected chi connectivity index (χ1v) is 9.64. The summed E-state index contributed by atoms with van der Waals surface area (Å²) >= 11 is 0. The maximum absolute atomic E-state index is 13.2. The Morgan fingerprint density at radius 1 is 0.966 bits per heavy atom. The Hall–Kier alpha value is -3.28. The Morgan fingerprint density at radius 2 is 1.62 bits per heavy atom. The summed E-state index contributed by atoms with van der Waals surface area (Å²) < 4.78 is 5.62. The summed E-state index contributed by atoms with van der Waals surface area (Å²) in [5.41, 5.74) is 5.76. The molecule has 6 heteroatoms. The fraction of sp³-hybridized carbons (Fsp3) is 0.304. The Balaban J connectivity index is 1.48. The van der Waals surface area contributed by atoms with E-state index in [-0.39, 0.29) is 29.1 Å². The van der Waals surface area contributed by atoms with Gasteiger partial charge in [0, 0.05) is 17.9 Å². The molecule has 6 nitrogen and oxygen atoms in total. The van der Waals surface area contributed by atoms with E-state index < -0.39 is 23.7 Å². The average Bonchev–Trinajstić information content (AvgIpc) is 3.34. The highest BCUT2D eigenvalue weighted by Crippen LogP contribution is 2.41. The lowest BCUT2D eigenvalue weighted by Gasteiger charge is -2.16. The quantitative estimate of drug-likeness (QED) is 0.549. The van der Waals surface area contributed by atoms with Gasteiger partial charge < -0.3 is 4.42 Å². The van der Waals surface area contributed by atoms with Crippen LogP contribution >= 0.6 is 0 Å². The molecule has 0 spiro atoms. The molecule has 1 aliphatic carbocycles. The molecule has 0 saturated heterocycles. The van der Waals surface area contributed by atoms with Crippen molar-refractivity contribution < 1.29 is 23.6 Å². The van der Waals surface area contributed by atoms with Gasteiger partial charge in [-0.3, -0.25) is 24.5 Å². The first kappa shape index (κ1) is 17.8. The number of nitrogens with one attached hydrogen (secondary N) is 1. The summed E-state index contributed by atoms with van der Waals surface area (Å²) in [7, 11) is 0. The molecule has 146 valence electrons. The third-order valence-electron chi connectivity index (χ3n) is 6.16. The summed E-state index contributed by atoms with van der Waals surface area (Å²) in [4.78, 5) is 49.9. The third-order valence-corrected chi connectivity index (χ3v) is 6.16. The Labute approximate surface area is 166 Å². The molecule has 5 rings (SSSR count). The van der Waals surface area contributed by atoms with Crippen LogP contribution in [0.2, 0.25) is 0 Å². The van der Waals surface area contributed by atoms with Gasteiger partial charge in [-0.1, -0.05) is 17.7 Å². The second-order valence-electron chi connectivity index (χ2n) is 8.22. The van der Waals surface area contributed by atoms with E-state index in [1.807, 2.05) is 32.9 Å². The van der Waals surface area contributed by atoms with Gasteiger partial charge in [0.1, 0.15) is 22.9 Å². The van der Waals surface area contributed by atoms with Crippen LogP contribution in [0.25, 0.3) is 11.2 Å². The highest BCUT2D eigenvalue weighted by molar-refractivity contribution is 6.28. The number of ketones is 2. The van der Waals surface area contributed by atoms with E-state index in [0.717, 1.165) is 22.3 Å². The number of aryl methyl sites for hydroxylation is 3. The van der Waals surface area contributed by atoms with Gasteiger partial charge in [0.15, 0.2) is 5.78 Å². The van der Waals surface area contributed by atoms with E-state index in [2.05, 4.69) is 5.32 Å². The second-order valence-corrected chi connectivity index (χ2v) is 8.22. The molecule has 3 aromatic rings. The number of hydrogen-bond acceptors (Lipinski definition) is 5. The standard InChI is InChI=1S/C23H19NO5/c1-9-4-10(2)16(11(3)5-9)17-14(25)7-12(20(17)26)6-13-8-15-18-19(21(13)29-15)23(28)24-22(18)27/h4-5,8,12,17H,6-7H2,1-3H3,(H,24,27,28). The number of imide groups is 1. The minimum absolute atomic E-state index is 0.0638. The predicted octanol–water partition coefficient (Wildman–Crippen LogP) is 3.16. The number of Topliss-reactive ketones (excluding diaryl/α,β-unsaturated/α-hetero) is 2. The van der Waals surface area contributed by atoms with E-state index in [1.165, 1.54) is 0 Å². The van der Waals surface area contributed by atoms with Crippen LogP contribution in [0.4, 0.5) is 0 Å². The zero-order chi connectivity index (χ0) is 20.6. The van der Waals surface area contributed by atoms with Gasteiger partial charge in [-0.05, 0) is 49.9 Å². The van der Waals surface area contributed by atoms with Crippen LogP contribution in [-0.4, -0.2) is 23.4 Å². The average molecular weight is 389 g/mol. The van der Waals surface area contributed by atoms with Crippen LogP contribution in [0.1, 0.15) is 60.9 Å². The largest absolute Gasteiger partial charge is 0.455 e. The molecule has 2 aromatic heterocycles. The normalized spacial score (nSPS) is 21.5. The number of hydrogen-bond donors (Lipinski definition) is 1. The number of benzene rings is 2. The van der Waals surface area contributed by atoms with Gasteiger partial charge in [0.2, 0.25) is 0 Å². The molecule has 1 N–H and O–H groups in total. The van der Waals surface area contributed by atoms with Gasteiger partial charge >= 0.3 is 0 Å². The predicted molar refractivity (Wildman–Crippen MR) is 104 cm³/mol. The minimum atomic E-state index is -0.732. The zero-order valence-corrected chi connectivity index (χ0v) is 16.3. The lowest BCUT2D eigenvalue weighted by molar-refractivity contribution is -0.124. The van der Waals surface area contributed by atoms with E-state index in [9.17, 15) is 19.2 Å². The first-order chi connectivity index (χ1) is 13.8. The maximum atomic E-state index is 13.2. The number of rotatable bonds is 3. The van der Waals surface area contributed by atoms with Crippen molar-refractivity contribution in [3.8, 4) is 0 Å². The van der Waals surface area contributed by atoms with Crippen molar-refractivity contribution in [3.05, 3.63) is 57.1 Å². The van der Waals surface area contributed by atoms with Crippen LogP contribution in [0, 0.1) is 26.7 Å².